The summed E-state index contributed by atoms with van der Waals surface area (Å²) < 4.78 is 64.6. The number of hydrogen-bond acceptors (Lipinski definition) is 2. The van der Waals surface area contributed by atoms with Gasteiger partial charge in [-0.1, -0.05) is 18.2 Å². The van der Waals surface area contributed by atoms with Crippen LogP contribution in [-0.4, -0.2) is 8.42 Å². The van der Waals surface area contributed by atoms with Crippen LogP contribution in [0, 0.1) is 17.5 Å². The van der Waals surface area contributed by atoms with E-state index in [9.17, 15) is 21.6 Å². The highest BCUT2D eigenvalue weighted by Crippen LogP contribution is 2.21. The summed E-state index contributed by atoms with van der Waals surface area (Å²) in [5.74, 6) is -3.93. The Kier molecular flexibility index (Phi) is 3.48. The minimum atomic E-state index is -4.04. The van der Waals surface area contributed by atoms with Crippen LogP contribution in [-0.2, 0) is 10.0 Å². The van der Waals surface area contributed by atoms with Crippen molar-refractivity contribution in [3.8, 4) is 0 Å². The highest BCUT2D eigenvalue weighted by atomic mass is 32.2. The lowest BCUT2D eigenvalue weighted by molar-refractivity contribution is 0.496. The van der Waals surface area contributed by atoms with E-state index < -0.39 is 33.2 Å². The van der Waals surface area contributed by atoms with Crippen LogP contribution in [0.25, 0.3) is 0 Å². The SMILES string of the molecule is O=S(=O)(Nc1cc(F)c(F)cc1F)c1ccccc1. The van der Waals surface area contributed by atoms with Gasteiger partial charge in [-0.3, -0.25) is 4.72 Å². The molecule has 0 spiro atoms. The molecule has 0 heterocycles. The van der Waals surface area contributed by atoms with Crippen molar-refractivity contribution in [3.63, 3.8) is 0 Å². The second-order valence-electron chi connectivity index (χ2n) is 3.66. The maximum absolute atomic E-state index is 13.3. The Hall–Kier alpha value is -2.02. The van der Waals surface area contributed by atoms with Gasteiger partial charge in [0.1, 0.15) is 5.82 Å². The van der Waals surface area contributed by atoms with Gasteiger partial charge in [0.15, 0.2) is 11.6 Å². The summed E-state index contributed by atoms with van der Waals surface area (Å²) in [7, 11) is -4.04. The quantitative estimate of drug-likeness (QED) is 0.882. The molecule has 0 amide bonds. The van der Waals surface area contributed by atoms with Gasteiger partial charge in [0.05, 0.1) is 10.6 Å². The van der Waals surface area contributed by atoms with Crippen LogP contribution in [0.5, 0.6) is 0 Å². The second-order valence-corrected chi connectivity index (χ2v) is 5.35. The van der Waals surface area contributed by atoms with Gasteiger partial charge in [0, 0.05) is 12.1 Å². The summed E-state index contributed by atoms with van der Waals surface area (Å²) in [4.78, 5) is -0.112. The normalized spacial score (nSPS) is 11.3. The third kappa shape index (κ3) is 2.87. The van der Waals surface area contributed by atoms with Crippen LogP contribution < -0.4 is 4.72 Å². The molecule has 100 valence electrons. The van der Waals surface area contributed by atoms with Gasteiger partial charge < -0.3 is 0 Å². The number of nitrogens with one attached hydrogen (secondary N) is 1. The summed E-state index contributed by atoms with van der Waals surface area (Å²) in [6, 6.07) is 7.88. The highest BCUT2D eigenvalue weighted by molar-refractivity contribution is 7.92. The first-order chi connectivity index (χ1) is 8.90. The summed E-state index contributed by atoms with van der Waals surface area (Å²) in [5, 5.41) is 0. The number of rotatable bonds is 3. The zero-order chi connectivity index (χ0) is 14.0. The minimum absolute atomic E-state index is 0.112. The predicted octanol–water partition coefficient (Wildman–Crippen LogP) is 2.90. The van der Waals surface area contributed by atoms with Gasteiger partial charge in [0.25, 0.3) is 10.0 Å². The summed E-state index contributed by atoms with van der Waals surface area (Å²) in [6.07, 6.45) is 0. The van der Waals surface area contributed by atoms with Gasteiger partial charge >= 0.3 is 0 Å². The van der Waals surface area contributed by atoms with Crippen molar-refractivity contribution in [1.29, 1.82) is 0 Å². The predicted molar refractivity (Wildman–Crippen MR) is 63.6 cm³/mol. The zero-order valence-corrected chi connectivity index (χ0v) is 10.2. The van der Waals surface area contributed by atoms with E-state index in [1.807, 2.05) is 4.72 Å². The van der Waals surface area contributed by atoms with Gasteiger partial charge in [-0.15, -0.1) is 0 Å². The van der Waals surface area contributed by atoms with E-state index in [1.54, 1.807) is 6.07 Å². The van der Waals surface area contributed by atoms with Crippen LogP contribution in [0.2, 0.25) is 0 Å². The summed E-state index contributed by atoms with van der Waals surface area (Å²) in [6.45, 7) is 0. The Bertz CT molecular complexity index is 702. The van der Waals surface area contributed by atoms with E-state index in [1.165, 1.54) is 24.3 Å². The Morgan fingerprint density at radius 3 is 2.05 bits per heavy atom. The van der Waals surface area contributed by atoms with E-state index >= 15 is 0 Å². The minimum Gasteiger partial charge on any atom is -0.277 e. The Balaban J connectivity index is 2.39. The average molecular weight is 287 g/mol. The molecule has 0 saturated carbocycles. The maximum atomic E-state index is 13.3. The molecule has 7 heteroatoms. The molecule has 0 saturated heterocycles. The third-order valence-corrected chi connectivity index (χ3v) is 3.69. The Labute approximate surface area is 107 Å². The van der Waals surface area contributed by atoms with Crippen LogP contribution in [0.15, 0.2) is 47.4 Å². The largest absolute Gasteiger partial charge is 0.277 e. The molecule has 0 radical (unpaired) electrons. The molecule has 2 rings (SSSR count). The van der Waals surface area contributed by atoms with E-state index in [0.29, 0.717) is 6.07 Å². The zero-order valence-electron chi connectivity index (χ0n) is 9.40. The molecule has 0 fully saturated rings. The summed E-state index contributed by atoms with van der Waals surface area (Å²) in [5.41, 5.74) is -0.650. The van der Waals surface area contributed by atoms with Gasteiger partial charge in [0.2, 0.25) is 0 Å². The van der Waals surface area contributed by atoms with Crippen molar-refractivity contribution >= 4 is 15.7 Å². The highest BCUT2D eigenvalue weighted by Gasteiger charge is 2.17. The first-order valence-corrected chi connectivity index (χ1v) is 6.61. The first-order valence-electron chi connectivity index (χ1n) is 5.12. The van der Waals surface area contributed by atoms with Gasteiger partial charge in [-0.2, -0.15) is 0 Å². The van der Waals surface area contributed by atoms with Crippen molar-refractivity contribution in [2.45, 2.75) is 4.90 Å². The number of benzene rings is 2. The Morgan fingerprint density at radius 1 is 0.842 bits per heavy atom. The molecule has 19 heavy (non-hydrogen) atoms. The molecule has 1 N–H and O–H groups in total. The molecule has 2 aromatic rings. The molecule has 2 aromatic carbocycles. The molecule has 0 atom stereocenters. The molecular weight excluding hydrogens is 279 g/mol. The van der Waals surface area contributed by atoms with Crippen molar-refractivity contribution < 1.29 is 21.6 Å². The monoisotopic (exact) mass is 287 g/mol. The van der Waals surface area contributed by atoms with E-state index in [0.717, 1.165) is 0 Å². The van der Waals surface area contributed by atoms with Crippen molar-refractivity contribution in [2.24, 2.45) is 0 Å². The molecule has 3 nitrogen and oxygen atoms in total. The number of halogens is 3. The second kappa shape index (κ2) is 4.93. The Morgan fingerprint density at radius 2 is 1.42 bits per heavy atom. The fourth-order valence-electron chi connectivity index (χ4n) is 1.40. The van der Waals surface area contributed by atoms with Gasteiger partial charge in [-0.05, 0) is 12.1 Å². The molecule has 0 aromatic heterocycles. The number of hydrogen-bond donors (Lipinski definition) is 1. The molecule has 0 aliphatic carbocycles. The van der Waals surface area contributed by atoms with E-state index in [-0.39, 0.29) is 11.0 Å². The first kappa shape index (κ1) is 13.4. The van der Waals surface area contributed by atoms with Crippen molar-refractivity contribution in [1.82, 2.24) is 0 Å². The molecule has 0 aliphatic rings. The number of sulfonamides is 1. The lowest BCUT2D eigenvalue weighted by atomic mass is 10.3. The average Bonchev–Trinajstić information content (AvgIpc) is 2.37. The molecule has 0 aliphatic heterocycles. The lowest BCUT2D eigenvalue weighted by Crippen LogP contribution is -2.14. The lowest BCUT2D eigenvalue weighted by Gasteiger charge is -2.09. The standard InChI is InChI=1S/C12H8F3NO2S/c13-9-6-11(15)12(7-10(9)14)16-19(17,18)8-4-2-1-3-5-8/h1-7,16H. The van der Waals surface area contributed by atoms with Crippen LogP contribution >= 0.6 is 0 Å². The fraction of sp³-hybridized carbons (Fsp3) is 0. The molecular formula is C12H8F3NO2S. The van der Waals surface area contributed by atoms with E-state index in [2.05, 4.69) is 0 Å². The van der Waals surface area contributed by atoms with Gasteiger partial charge in [-0.25, -0.2) is 21.6 Å². The van der Waals surface area contributed by atoms with Crippen LogP contribution in [0.3, 0.4) is 0 Å². The fourth-order valence-corrected chi connectivity index (χ4v) is 2.48. The van der Waals surface area contributed by atoms with Crippen molar-refractivity contribution in [3.05, 3.63) is 59.9 Å². The topological polar surface area (TPSA) is 46.2 Å². The third-order valence-electron chi connectivity index (χ3n) is 2.31. The van der Waals surface area contributed by atoms with Crippen molar-refractivity contribution in [2.75, 3.05) is 4.72 Å². The smallest absolute Gasteiger partial charge is 0.261 e. The summed E-state index contributed by atoms with van der Waals surface area (Å²) >= 11 is 0. The maximum Gasteiger partial charge on any atom is 0.261 e. The van der Waals surface area contributed by atoms with Crippen LogP contribution in [0.4, 0.5) is 18.9 Å². The van der Waals surface area contributed by atoms with Crippen LogP contribution in [0.1, 0.15) is 0 Å². The number of anilines is 1. The van der Waals surface area contributed by atoms with E-state index in [4.69, 9.17) is 0 Å². The molecule has 0 bridgehead atoms. The molecule has 0 unspecified atom stereocenters.